The molecule has 0 aliphatic carbocycles. The minimum atomic E-state index is -0.879. The van der Waals surface area contributed by atoms with Crippen molar-refractivity contribution in [3.63, 3.8) is 0 Å². The molecule has 168 valence electrons. The number of nitrogens with zero attached hydrogens (tertiary/aromatic N) is 1. The largest absolute Gasteiger partial charge is 0.493 e. The normalized spacial score (nSPS) is 14.8. The summed E-state index contributed by atoms with van der Waals surface area (Å²) < 4.78 is 28.1. The molecule has 8 nitrogen and oxygen atoms in total. The summed E-state index contributed by atoms with van der Waals surface area (Å²) in [6.45, 7) is 3.56. The number of rotatable bonds is 6. The zero-order valence-corrected chi connectivity index (χ0v) is 18.3. The Kier molecular flexibility index (Phi) is 6.32. The van der Waals surface area contributed by atoms with Crippen molar-refractivity contribution in [2.75, 3.05) is 40.5 Å². The Labute approximate surface area is 185 Å². The fourth-order valence-electron chi connectivity index (χ4n) is 3.67. The van der Waals surface area contributed by atoms with Crippen molar-refractivity contribution in [3.8, 4) is 28.6 Å². The number of amides is 1. The van der Waals surface area contributed by atoms with Gasteiger partial charge < -0.3 is 28.3 Å². The molecule has 1 aromatic heterocycles. The van der Waals surface area contributed by atoms with E-state index in [-0.39, 0.29) is 22.8 Å². The Hall–Kier alpha value is -3.52. The van der Waals surface area contributed by atoms with Gasteiger partial charge in [-0.1, -0.05) is 12.1 Å². The van der Waals surface area contributed by atoms with Gasteiger partial charge in [-0.3, -0.25) is 9.59 Å². The number of para-hydroxylation sites is 1. The molecule has 8 heteroatoms. The van der Waals surface area contributed by atoms with Crippen molar-refractivity contribution < 1.29 is 28.2 Å². The molecule has 0 N–H and O–H groups in total. The van der Waals surface area contributed by atoms with Gasteiger partial charge in [-0.2, -0.15) is 0 Å². The van der Waals surface area contributed by atoms with E-state index in [1.54, 1.807) is 61.4 Å². The number of fused-ring (bicyclic) bond motifs is 1. The lowest BCUT2D eigenvalue weighted by Crippen LogP contribution is -2.46. The number of ether oxygens (including phenoxy) is 4. The molecule has 32 heavy (non-hydrogen) atoms. The van der Waals surface area contributed by atoms with Crippen LogP contribution in [0.15, 0.2) is 51.7 Å². The van der Waals surface area contributed by atoms with Crippen LogP contribution in [-0.2, 0) is 9.53 Å². The zero-order valence-electron chi connectivity index (χ0n) is 18.3. The van der Waals surface area contributed by atoms with E-state index in [2.05, 4.69) is 0 Å². The second-order valence-corrected chi connectivity index (χ2v) is 7.35. The molecule has 2 aromatic carbocycles. The van der Waals surface area contributed by atoms with Gasteiger partial charge in [0.25, 0.3) is 5.91 Å². The third kappa shape index (κ3) is 4.13. The first-order chi connectivity index (χ1) is 15.5. The van der Waals surface area contributed by atoms with Crippen molar-refractivity contribution in [1.29, 1.82) is 0 Å². The molecule has 0 radical (unpaired) electrons. The second-order valence-electron chi connectivity index (χ2n) is 7.35. The van der Waals surface area contributed by atoms with Crippen LogP contribution in [0.2, 0.25) is 0 Å². The first-order valence-corrected chi connectivity index (χ1v) is 10.3. The number of carbonyl (C=O) groups is 1. The highest BCUT2D eigenvalue weighted by Crippen LogP contribution is 2.37. The lowest BCUT2D eigenvalue weighted by atomic mass is 10.1. The van der Waals surface area contributed by atoms with Crippen LogP contribution in [0.4, 0.5) is 0 Å². The van der Waals surface area contributed by atoms with Gasteiger partial charge in [0, 0.05) is 18.7 Å². The highest BCUT2D eigenvalue weighted by atomic mass is 16.5. The van der Waals surface area contributed by atoms with Gasteiger partial charge in [0.1, 0.15) is 5.58 Å². The summed E-state index contributed by atoms with van der Waals surface area (Å²) in [5.74, 6) is 1.00. The summed E-state index contributed by atoms with van der Waals surface area (Å²) in [7, 11) is 3.07. The van der Waals surface area contributed by atoms with E-state index >= 15 is 0 Å². The monoisotopic (exact) mass is 439 g/mol. The zero-order chi connectivity index (χ0) is 22.7. The standard InChI is InChI=1S/C24H25NO7/c1-15(24(27)25-10-12-30-13-11-25)31-23-21(26)17-6-4-5-7-18(17)32-22(23)16-8-9-19(28-2)20(14-16)29-3/h4-9,14-15H,10-13H2,1-3H3. The van der Waals surface area contributed by atoms with Crippen molar-refractivity contribution in [1.82, 2.24) is 4.90 Å². The average molecular weight is 439 g/mol. The number of carbonyl (C=O) groups excluding carboxylic acids is 1. The van der Waals surface area contributed by atoms with Gasteiger partial charge in [-0.15, -0.1) is 0 Å². The van der Waals surface area contributed by atoms with E-state index < -0.39 is 6.10 Å². The van der Waals surface area contributed by atoms with Gasteiger partial charge in [0.05, 0.1) is 32.8 Å². The Morgan fingerprint density at radius 2 is 1.75 bits per heavy atom. The molecule has 0 saturated carbocycles. The summed E-state index contributed by atoms with van der Waals surface area (Å²) >= 11 is 0. The lowest BCUT2D eigenvalue weighted by Gasteiger charge is -2.29. The Morgan fingerprint density at radius 3 is 2.47 bits per heavy atom. The van der Waals surface area contributed by atoms with E-state index in [0.29, 0.717) is 54.3 Å². The van der Waals surface area contributed by atoms with Crippen LogP contribution >= 0.6 is 0 Å². The Morgan fingerprint density at radius 1 is 1.03 bits per heavy atom. The number of hydrogen-bond acceptors (Lipinski definition) is 7. The quantitative estimate of drug-likeness (QED) is 0.583. The molecule has 1 unspecified atom stereocenters. The van der Waals surface area contributed by atoms with Gasteiger partial charge >= 0.3 is 0 Å². The summed E-state index contributed by atoms with van der Waals surface area (Å²) in [6.07, 6.45) is -0.879. The summed E-state index contributed by atoms with van der Waals surface area (Å²) in [4.78, 5) is 27.9. The first kappa shape index (κ1) is 21.7. The van der Waals surface area contributed by atoms with E-state index in [0.717, 1.165) is 0 Å². The number of hydrogen-bond donors (Lipinski definition) is 0. The van der Waals surface area contributed by atoms with Crippen LogP contribution in [0, 0.1) is 0 Å². The van der Waals surface area contributed by atoms with E-state index in [9.17, 15) is 9.59 Å². The highest BCUT2D eigenvalue weighted by molar-refractivity contribution is 5.84. The smallest absolute Gasteiger partial charge is 0.263 e. The highest BCUT2D eigenvalue weighted by Gasteiger charge is 2.27. The molecule has 1 amide bonds. The molecule has 1 aliphatic rings. The molecule has 1 fully saturated rings. The fraction of sp³-hybridized carbons (Fsp3) is 0.333. The topological polar surface area (TPSA) is 87.4 Å². The van der Waals surface area contributed by atoms with E-state index in [4.69, 9.17) is 23.4 Å². The first-order valence-electron chi connectivity index (χ1n) is 10.3. The maximum absolute atomic E-state index is 13.3. The van der Waals surface area contributed by atoms with Crippen LogP contribution in [0.25, 0.3) is 22.3 Å². The molecular weight excluding hydrogens is 414 g/mol. The molecule has 1 saturated heterocycles. The van der Waals surface area contributed by atoms with E-state index in [1.807, 2.05) is 0 Å². The summed E-state index contributed by atoms with van der Waals surface area (Å²) in [5.41, 5.74) is 0.631. The average Bonchev–Trinajstić information content (AvgIpc) is 2.85. The van der Waals surface area contributed by atoms with Gasteiger partial charge in [0.2, 0.25) is 11.2 Å². The van der Waals surface area contributed by atoms with Crippen LogP contribution in [0.5, 0.6) is 17.2 Å². The summed E-state index contributed by atoms with van der Waals surface area (Å²) in [5, 5.41) is 0.373. The van der Waals surface area contributed by atoms with Crippen LogP contribution < -0.4 is 19.6 Å². The molecule has 0 spiro atoms. The number of benzene rings is 2. The molecule has 1 aliphatic heterocycles. The molecule has 0 bridgehead atoms. The third-order valence-electron chi connectivity index (χ3n) is 5.37. The van der Waals surface area contributed by atoms with Crippen molar-refractivity contribution in [3.05, 3.63) is 52.7 Å². The lowest BCUT2D eigenvalue weighted by molar-refractivity contribution is -0.142. The molecule has 2 heterocycles. The molecular formula is C24H25NO7. The Balaban J connectivity index is 1.79. The van der Waals surface area contributed by atoms with Gasteiger partial charge in [-0.25, -0.2) is 0 Å². The van der Waals surface area contributed by atoms with Crippen LogP contribution in [0.1, 0.15) is 6.92 Å². The Bertz CT molecular complexity index is 1180. The maximum atomic E-state index is 13.3. The van der Waals surface area contributed by atoms with Crippen LogP contribution in [-0.4, -0.2) is 57.4 Å². The maximum Gasteiger partial charge on any atom is 0.263 e. The van der Waals surface area contributed by atoms with Crippen molar-refractivity contribution in [2.45, 2.75) is 13.0 Å². The third-order valence-corrected chi connectivity index (χ3v) is 5.37. The predicted molar refractivity (Wildman–Crippen MR) is 119 cm³/mol. The summed E-state index contributed by atoms with van der Waals surface area (Å²) in [6, 6.07) is 12.1. The van der Waals surface area contributed by atoms with Gasteiger partial charge in [0.15, 0.2) is 23.4 Å². The number of morpholine rings is 1. The molecule has 1 atom stereocenters. The van der Waals surface area contributed by atoms with E-state index in [1.165, 1.54) is 7.11 Å². The minimum Gasteiger partial charge on any atom is -0.493 e. The SMILES string of the molecule is COc1ccc(-c2oc3ccccc3c(=O)c2OC(C)C(=O)N2CCOCC2)cc1OC. The van der Waals surface area contributed by atoms with Crippen LogP contribution in [0.3, 0.4) is 0 Å². The van der Waals surface area contributed by atoms with Gasteiger partial charge in [-0.05, 0) is 37.3 Å². The molecule has 4 rings (SSSR count). The predicted octanol–water partition coefficient (Wildman–Crippen LogP) is 3.10. The van der Waals surface area contributed by atoms with Crippen molar-refractivity contribution >= 4 is 16.9 Å². The fourth-order valence-corrected chi connectivity index (χ4v) is 3.67. The number of methoxy groups -OCH3 is 2. The second kappa shape index (κ2) is 9.32. The molecule has 3 aromatic rings. The minimum absolute atomic E-state index is 0.0231. The van der Waals surface area contributed by atoms with Crippen molar-refractivity contribution in [2.24, 2.45) is 0 Å².